The predicted octanol–water partition coefficient (Wildman–Crippen LogP) is 10.9. The number of carbonyl (C=O) groups excluding carboxylic acids is 7. The number of hydrogen-bond donors (Lipinski definition) is 11. The molecule has 0 spiro atoms. The third-order valence-corrected chi connectivity index (χ3v) is 21.6. The van der Waals surface area contributed by atoms with Crippen molar-refractivity contribution in [2.75, 3.05) is 65.4 Å². The zero-order chi connectivity index (χ0) is 86.6. The molecule has 3 aliphatic heterocycles. The van der Waals surface area contributed by atoms with Crippen LogP contribution >= 0.6 is 11.6 Å². The Labute approximate surface area is 688 Å². The van der Waals surface area contributed by atoms with E-state index in [1.807, 2.05) is 57.0 Å². The first-order valence-corrected chi connectivity index (χ1v) is 41.2. The fraction of sp³-hybridized carbons (Fsp3) is 0.709. The van der Waals surface area contributed by atoms with Crippen LogP contribution in [0.5, 0.6) is 0 Å². The van der Waals surface area contributed by atoms with Crippen LogP contribution in [0.25, 0.3) is 0 Å². The van der Waals surface area contributed by atoms with Crippen LogP contribution in [0, 0.1) is 17.8 Å². The molecule has 3 heterocycles. The molecule has 3 fully saturated rings. The number of aliphatic hydroxyl groups excluding tert-OH is 5. The second kappa shape index (κ2) is 55.4. The van der Waals surface area contributed by atoms with Gasteiger partial charge in [0.25, 0.3) is 0 Å². The zero-order valence-corrected chi connectivity index (χ0v) is 72.3. The molecule has 12 N–H and O–H groups in total. The maximum Gasteiger partial charge on any atom is 0.311 e. The Morgan fingerprint density at radius 1 is 0.609 bits per heavy atom. The molecular weight excluding hydrogens is 1510 g/mol. The van der Waals surface area contributed by atoms with Gasteiger partial charge in [0.15, 0.2) is 12.6 Å². The molecule has 3 aliphatic rings. The number of nitrogens with two attached hydrogens (primary N) is 1. The summed E-state index contributed by atoms with van der Waals surface area (Å²) >= 11 is 5.15. The number of amides is 2. The highest BCUT2D eigenvalue weighted by atomic mass is 35.5. The fourth-order valence-corrected chi connectivity index (χ4v) is 14.3. The van der Waals surface area contributed by atoms with E-state index in [1.54, 1.807) is 97.1 Å². The molecule has 0 aliphatic carbocycles. The lowest BCUT2D eigenvalue weighted by Crippen LogP contribution is -2.60. The van der Waals surface area contributed by atoms with Gasteiger partial charge in [-0.25, -0.2) is 0 Å². The van der Waals surface area contributed by atoms with Crippen molar-refractivity contribution in [3.8, 4) is 0 Å². The van der Waals surface area contributed by atoms with Crippen LogP contribution in [0.1, 0.15) is 234 Å². The quantitative estimate of drug-likeness (QED) is 0.00887. The van der Waals surface area contributed by atoms with E-state index >= 15 is 0 Å². The predicted molar refractivity (Wildman–Crippen MR) is 442 cm³/mol. The maximum absolute atomic E-state index is 14.2. The number of nitrogens with one attached hydrogen (secondary N) is 3. The molecule has 18 atom stereocenters. The second-order valence-electron chi connectivity index (χ2n) is 31.3. The van der Waals surface area contributed by atoms with E-state index in [-0.39, 0.29) is 85.5 Å². The average molecular weight is 1650 g/mol. The SMILES string of the molecule is CC[C@H]1OC(=O)[C@H](C)[C@@H](O[C@H]2C[C@@](C)(OC)[C@@H](O)[C@H](C)O2)[C@H](C)[C@@H](O[C@@H]2O[C@H](C)C[C@H](NC)[C@H]2O)[C@](C)(O)C[C@@H](C)CN(C)[C@H](C)[C@@H](O)[C@]1(C)O.CCc1ccc(NC(=O)CCCCCCC(=O)OC)cc1.COC(=O)CCCCCCC(=O)Cl.COC(=O)CCCCCCC(=O)Nc1ccc(CO)cc1.Nc1ccc(CO)cc1. The van der Waals surface area contributed by atoms with Crippen molar-refractivity contribution < 1.29 is 112 Å². The lowest BCUT2D eigenvalue weighted by molar-refractivity contribution is -0.316. The third kappa shape index (κ3) is 39.0. The van der Waals surface area contributed by atoms with Gasteiger partial charge < -0.3 is 105 Å². The molecule has 3 aromatic carbocycles. The number of hydrogen-bond acceptors (Lipinski definition) is 26. The van der Waals surface area contributed by atoms with Gasteiger partial charge in [-0.3, -0.25) is 33.6 Å². The first kappa shape index (κ1) is 105. The van der Waals surface area contributed by atoms with Gasteiger partial charge in [0.2, 0.25) is 17.1 Å². The number of ether oxygens (including phenoxy) is 9. The van der Waals surface area contributed by atoms with Crippen LogP contribution in [-0.4, -0.2) is 221 Å². The minimum absolute atomic E-state index is 0.000198. The summed E-state index contributed by atoms with van der Waals surface area (Å²) < 4.78 is 51.0. The van der Waals surface area contributed by atoms with Crippen molar-refractivity contribution in [3.05, 3.63) is 89.5 Å². The number of cyclic esters (lactones) is 1. The second-order valence-corrected chi connectivity index (χ2v) is 31.7. The number of anilines is 3. The Bertz CT molecular complexity index is 3160. The Morgan fingerprint density at radius 3 is 1.47 bits per heavy atom. The number of methoxy groups -OCH3 is 4. The van der Waals surface area contributed by atoms with Gasteiger partial charge in [0.05, 0.1) is 76.1 Å². The molecule has 29 heteroatoms. The van der Waals surface area contributed by atoms with E-state index in [4.69, 9.17) is 56.0 Å². The number of carbonyl (C=O) groups is 7. The molecule has 656 valence electrons. The third-order valence-electron chi connectivity index (χ3n) is 21.4. The summed E-state index contributed by atoms with van der Waals surface area (Å²) in [5.41, 5.74) is 6.32. The molecule has 28 nitrogen and oxygen atoms in total. The minimum atomic E-state index is -1.80. The van der Waals surface area contributed by atoms with Crippen LogP contribution in [0.2, 0.25) is 0 Å². The summed E-state index contributed by atoms with van der Waals surface area (Å²) in [5.74, 6) is -3.07. The van der Waals surface area contributed by atoms with Crippen molar-refractivity contribution in [2.45, 2.75) is 327 Å². The number of nitrogen functional groups attached to an aromatic ring is 1. The molecule has 0 bridgehead atoms. The highest BCUT2D eigenvalue weighted by molar-refractivity contribution is 6.63. The van der Waals surface area contributed by atoms with E-state index in [9.17, 15) is 59.1 Å². The molecule has 115 heavy (non-hydrogen) atoms. The van der Waals surface area contributed by atoms with Crippen molar-refractivity contribution >= 4 is 69.6 Å². The zero-order valence-electron chi connectivity index (χ0n) is 71.5. The number of rotatable bonds is 33. The lowest BCUT2D eigenvalue weighted by atomic mass is 9.77. The summed E-state index contributed by atoms with van der Waals surface area (Å²) in [4.78, 5) is 82.4. The molecular formula is C86H142ClN5O23. The Hall–Kier alpha value is -6.32. The summed E-state index contributed by atoms with van der Waals surface area (Å²) in [7, 11) is 9.28. The van der Waals surface area contributed by atoms with Crippen LogP contribution in [0.15, 0.2) is 72.8 Å². The van der Waals surface area contributed by atoms with Gasteiger partial charge in [0, 0.05) is 93.7 Å². The number of likely N-dealkylation sites (N-methyl/N-ethyl adjacent to an activating group) is 2. The summed E-state index contributed by atoms with van der Waals surface area (Å²) in [5, 5.41) is 83.9. The molecule has 6 rings (SSSR count). The van der Waals surface area contributed by atoms with E-state index in [0.29, 0.717) is 51.5 Å². The minimum Gasteiger partial charge on any atom is -0.469 e. The summed E-state index contributed by atoms with van der Waals surface area (Å²) in [6.45, 7) is 20.2. The standard InChI is InChI=1S/C37H70N2O12.C17H25NO3.C16H23NO4.C9H15ClO3.C7H9NO/c1-14-26-37(10,45)30(41)23(6)39(12)18-19(2)16-35(8,44)32(51-34-28(40)25(38-11)15-20(3)47-34)21(4)29(22(5)33(43)49-26)50-27-17-36(9,46-13)31(42)24(7)48-27;1-3-14-10-12-15(13-11-14)18-16(19)8-6-4-5-7-9-17(20)21-2;1-21-16(20)7-5-3-2-4-6-15(19)17-14-10-8-13(12-18)9-11-14;1-13-9(12)7-5-3-2-4-6-8(10)11;8-7-3-1-6(5-9)2-4-7/h19-32,34,38,40-42,44-45H,14-18H2,1-13H3;10-13H,3-9H2,1-2H3,(H,18,19);8-11,18H,2-7,12H2,1H3,(H,17,19);2-7H2,1H3;1-4,9H,5,8H2/t19-,20-,21+,22-,23-,24+,25+,26-,27+,28-,29+,30-,31+,32-,34+,35-,36-,37-;;;;/m1..../s1. The van der Waals surface area contributed by atoms with Crippen LogP contribution in [0.4, 0.5) is 17.1 Å². The topological polar surface area (TPSA) is 410 Å². The smallest absolute Gasteiger partial charge is 0.311 e. The van der Waals surface area contributed by atoms with Gasteiger partial charge in [-0.15, -0.1) is 0 Å². The highest BCUT2D eigenvalue weighted by Gasteiger charge is 2.53. The highest BCUT2D eigenvalue weighted by Crippen LogP contribution is 2.40. The number of esters is 4. The molecule has 3 aromatic rings. The number of unbranched alkanes of at least 4 members (excludes halogenated alkanes) is 9. The Morgan fingerprint density at radius 2 is 1.05 bits per heavy atom. The van der Waals surface area contributed by atoms with Crippen molar-refractivity contribution in [1.29, 1.82) is 0 Å². The molecule has 2 amide bonds. The number of halogens is 1. The van der Waals surface area contributed by atoms with Crippen molar-refractivity contribution in [2.24, 2.45) is 17.8 Å². The average Bonchev–Trinajstić information content (AvgIpc) is 1.68. The first-order valence-electron chi connectivity index (χ1n) is 40.8. The Kier molecular flexibility index (Phi) is 50.5. The van der Waals surface area contributed by atoms with Gasteiger partial charge in [-0.1, -0.05) is 103 Å². The summed E-state index contributed by atoms with van der Waals surface area (Å²) in [6.07, 6.45) is 6.12. The van der Waals surface area contributed by atoms with Gasteiger partial charge >= 0.3 is 23.9 Å². The molecule has 3 saturated heterocycles. The Balaban J connectivity index is 0.000000571. The van der Waals surface area contributed by atoms with Gasteiger partial charge in [0.1, 0.15) is 30.0 Å². The van der Waals surface area contributed by atoms with E-state index < -0.39 is 96.0 Å². The monoisotopic (exact) mass is 1650 g/mol. The largest absolute Gasteiger partial charge is 0.469 e. The lowest BCUT2D eigenvalue weighted by Gasteiger charge is -2.48. The molecule has 0 unspecified atom stereocenters. The van der Waals surface area contributed by atoms with Crippen LogP contribution in [-0.2, 0) is 95.8 Å². The van der Waals surface area contributed by atoms with Crippen LogP contribution in [0.3, 0.4) is 0 Å². The molecule has 0 aromatic heterocycles. The number of nitrogens with zero attached hydrogens (tertiary/aromatic N) is 1. The molecule has 0 radical (unpaired) electrons. The van der Waals surface area contributed by atoms with Crippen LogP contribution < -0.4 is 21.7 Å². The van der Waals surface area contributed by atoms with Crippen molar-refractivity contribution in [3.63, 3.8) is 0 Å². The summed E-state index contributed by atoms with van der Waals surface area (Å²) in [6, 6.07) is 21.3. The number of aryl methyl sites for hydroxylation is 1. The first-order chi connectivity index (χ1) is 54.3. The number of benzene rings is 3. The van der Waals surface area contributed by atoms with E-state index in [0.717, 1.165) is 112 Å². The number of aliphatic hydroxyl groups is 7. The normalized spacial score (nSPS) is 27.8. The van der Waals surface area contributed by atoms with Gasteiger partial charge in [-0.2, -0.15) is 0 Å². The molecule has 0 saturated carbocycles. The van der Waals surface area contributed by atoms with E-state index in [2.05, 4.69) is 37.1 Å². The maximum atomic E-state index is 14.2. The van der Waals surface area contributed by atoms with Crippen molar-refractivity contribution in [1.82, 2.24) is 10.2 Å². The van der Waals surface area contributed by atoms with Gasteiger partial charge in [-0.05, 0) is 197 Å². The fourth-order valence-electron chi connectivity index (χ4n) is 14.1. The van der Waals surface area contributed by atoms with E-state index in [1.165, 1.54) is 40.9 Å².